The van der Waals surface area contributed by atoms with Gasteiger partial charge in [-0.05, 0) is 19.8 Å². The molecule has 0 fully saturated rings. The molecule has 1 rings (SSSR count). The van der Waals surface area contributed by atoms with E-state index in [1.165, 1.54) is 6.33 Å². The number of H-pyrrole nitrogens is 1. The van der Waals surface area contributed by atoms with E-state index in [0.717, 1.165) is 12.8 Å². The number of aromatic amines is 1. The van der Waals surface area contributed by atoms with Crippen LogP contribution >= 0.6 is 0 Å². The van der Waals surface area contributed by atoms with Crippen LogP contribution in [0, 0.1) is 0 Å². The number of nitrogens with one attached hydrogen (secondary N) is 3. The van der Waals surface area contributed by atoms with Gasteiger partial charge in [-0.2, -0.15) is 5.10 Å². The zero-order chi connectivity index (χ0) is 14.1. The number of aliphatic carboxylic acids is 1. The van der Waals surface area contributed by atoms with Crippen molar-refractivity contribution in [2.75, 3.05) is 6.54 Å². The molecule has 0 aliphatic heterocycles. The fourth-order valence-corrected chi connectivity index (χ4v) is 1.52. The summed E-state index contributed by atoms with van der Waals surface area (Å²) in [4.78, 5) is 25.7. The SMILES string of the molecule is CC(NC(=O)NCCCCCC(=O)O)c1ncn[nH]1. The molecule has 0 saturated carbocycles. The summed E-state index contributed by atoms with van der Waals surface area (Å²) < 4.78 is 0. The first-order valence-corrected chi connectivity index (χ1v) is 6.21. The van der Waals surface area contributed by atoms with E-state index in [4.69, 9.17) is 5.11 Å². The number of amides is 2. The summed E-state index contributed by atoms with van der Waals surface area (Å²) in [6.07, 6.45) is 3.73. The third kappa shape index (κ3) is 6.39. The Labute approximate surface area is 111 Å². The molecule has 0 bridgehead atoms. The fourth-order valence-electron chi connectivity index (χ4n) is 1.52. The molecule has 0 aliphatic rings. The summed E-state index contributed by atoms with van der Waals surface area (Å²) in [5.41, 5.74) is 0. The molecular formula is C11H19N5O3. The Morgan fingerprint density at radius 1 is 1.42 bits per heavy atom. The highest BCUT2D eigenvalue weighted by molar-refractivity contribution is 5.74. The standard InChI is InChI=1S/C11H19N5O3/c1-8(10-13-7-14-16-10)15-11(19)12-6-4-2-3-5-9(17)18/h7-8H,2-6H2,1H3,(H,17,18)(H2,12,15,19)(H,13,14,16). The number of hydrogen-bond donors (Lipinski definition) is 4. The van der Waals surface area contributed by atoms with Crippen LogP contribution in [0.4, 0.5) is 4.79 Å². The van der Waals surface area contributed by atoms with E-state index in [9.17, 15) is 9.59 Å². The molecule has 0 radical (unpaired) electrons. The van der Waals surface area contributed by atoms with Gasteiger partial charge in [0.2, 0.25) is 0 Å². The van der Waals surface area contributed by atoms with Crippen LogP contribution in [0.15, 0.2) is 6.33 Å². The van der Waals surface area contributed by atoms with Gasteiger partial charge in [-0.1, -0.05) is 6.42 Å². The molecule has 0 aliphatic carbocycles. The number of carboxylic acids is 1. The summed E-state index contributed by atoms with van der Waals surface area (Å²) in [5, 5.41) is 20.3. The lowest BCUT2D eigenvalue weighted by Crippen LogP contribution is -2.37. The second-order valence-corrected chi connectivity index (χ2v) is 4.20. The zero-order valence-electron chi connectivity index (χ0n) is 10.8. The van der Waals surface area contributed by atoms with E-state index in [-0.39, 0.29) is 18.5 Å². The minimum absolute atomic E-state index is 0.175. The minimum Gasteiger partial charge on any atom is -0.481 e. The summed E-state index contributed by atoms with van der Waals surface area (Å²) in [5.74, 6) is -0.191. The van der Waals surface area contributed by atoms with Crippen LogP contribution in [0.2, 0.25) is 0 Å². The summed E-state index contributed by atoms with van der Waals surface area (Å²) >= 11 is 0. The number of rotatable bonds is 8. The molecule has 1 aromatic heterocycles. The molecule has 19 heavy (non-hydrogen) atoms. The summed E-state index contributed by atoms with van der Waals surface area (Å²) in [6, 6.07) is -0.517. The number of carbonyl (C=O) groups excluding carboxylic acids is 1. The van der Waals surface area contributed by atoms with Crippen molar-refractivity contribution in [3.63, 3.8) is 0 Å². The highest BCUT2D eigenvalue weighted by atomic mass is 16.4. The van der Waals surface area contributed by atoms with Gasteiger partial charge >= 0.3 is 12.0 Å². The molecule has 1 heterocycles. The number of unbranched alkanes of at least 4 members (excludes halogenated alkanes) is 2. The van der Waals surface area contributed by atoms with Crippen molar-refractivity contribution in [1.29, 1.82) is 0 Å². The van der Waals surface area contributed by atoms with E-state index >= 15 is 0 Å². The summed E-state index contributed by atoms with van der Waals surface area (Å²) in [6.45, 7) is 2.32. The highest BCUT2D eigenvalue weighted by Crippen LogP contribution is 2.03. The first-order chi connectivity index (χ1) is 9.09. The van der Waals surface area contributed by atoms with Gasteiger partial charge in [0.15, 0.2) is 0 Å². The average molecular weight is 269 g/mol. The average Bonchev–Trinajstić information content (AvgIpc) is 2.87. The van der Waals surface area contributed by atoms with Gasteiger partial charge in [0.05, 0.1) is 6.04 Å². The molecule has 1 atom stereocenters. The van der Waals surface area contributed by atoms with Gasteiger partial charge in [0, 0.05) is 13.0 Å². The van der Waals surface area contributed by atoms with Gasteiger partial charge < -0.3 is 15.7 Å². The van der Waals surface area contributed by atoms with Crippen molar-refractivity contribution in [3.05, 3.63) is 12.2 Å². The van der Waals surface area contributed by atoms with Crippen molar-refractivity contribution in [1.82, 2.24) is 25.8 Å². The predicted octanol–water partition coefficient (Wildman–Crippen LogP) is 0.810. The maximum atomic E-state index is 11.5. The molecule has 1 aromatic rings. The van der Waals surface area contributed by atoms with Gasteiger partial charge in [0.1, 0.15) is 12.2 Å². The monoisotopic (exact) mass is 269 g/mol. The third-order valence-electron chi connectivity index (χ3n) is 2.54. The van der Waals surface area contributed by atoms with Crippen LogP contribution in [0.25, 0.3) is 0 Å². The largest absolute Gasteiger partial charge is 0.481 e. The number of carboxylic acid groups (broad SMARTS) is 1. The molecule has 8 heteroatoms. The Kier molecular flexibility index (Phi) is 6.34. The van der Waals surface area contributed by atoms with Gasteiger partial charge in [-0.25, -0.2) is 9.78 Å². The molecule has 0 saturated heterocycles. The fraction of sp³-hybridized carbons (Fsp3) is 0.636. The Bertz CT molecular complexity index is 393. The van der Waals surface area contributed by atoms with Crippen molar-refractivity contribution >= 4 is 12.0 Å². The molecule has 8 nitrogen and oxygen atoms in total. The second-order valence-electron chi connectivity index (χ2n) is 4.20. The van der Waals surface area contributed by atoms with Crippen molar-refractivity contribution in [2.24, 2.45) is 0 Å². The van der Waals surface area contributed by atoms with Crippen LogP contribution in [0.1, 0.15) is 44.5 Å². The first-order valence-electron chi connectivity index (χ1n) is 6.21. The van der Waals surface area contributed by atoms with Crippen LogP contribution in [-0.4, -0.2) is 38.8 Å². The highest BCUT2D eigenvalue weighted by Gasteiger charge is 2.10. The normalized spacial score (nSPS) is 11.8. The molecule has 106 valence electrons. The van der Waals surface area contributed by atoms with Crippen molar-refractivity contribution in [3.8, 4) is 0 Å². The lowest BCUT2D eigenvalue weighted by Gasteiger charge is -2.11. The molecule has 4 N–H and O–H groups in total. The Morgan fingerprint density at radius 3 is 2.84 bits per heavy atom. The lowest BCUT2D eigenvalue weighted by atomic mass is 10.2. The van der Waals surface area contributed by atoms with Gasteiger partial charge in [-0.15, -0.1) is 0 Å². The van der Waals surface area contributed by atoms with Crippen LogP contribution < -0.4 is 10.6 Å². The summed E-state index contributed by atoms with van der Waals surface area (Å²) in [7, 11) is 0. The maximum Gasteiger partial charge on any atom is 0.315 e. The van der Waals surface area contributed by atoms with Crippen molar-refractivity contribution in [2.45, 2.75) is 38.6 Å². The Hall–Kier alpha value is -2.12. The second kappa shape index (κ2) is 8.06. The van der Waals surface area contributed by atoms with Crippen LogP contribution in [0.5, 0.6) is 0 Å². The third-order valence-corrected chi connectivity index (χ3v) is 2.54. The molecule has 1 unspecified atom stereocenters. The molecule has 0 spiro atoms. The van der Waals surface area contributed by atoms with Gasteiger partial charge in [0.25, 0.3) is 0 Å². The number of carbonyl (C=O) groups is 2. The quantitative estimate of drug-likeness (QED) is 0.520. The Balaban J connectivity index is 2.06. The predicted molar refractivity (Wildman–Crippen MR) is 67.4 cm³/mol. The van der Waals surface area contributed by atoms with E-state index in [1.807, 2.05) is 0 Å². The number of hydrogen-bond acceptors (Lipinski definition) is 4. The van der Waals surface area contributed by atoms with Gasteiger partial charge in [-0.3, -0.25) is 9.89 Å². The van der Waals surface area contributed by atoms with Crippen molar-refractivity contribution < 1.29 is 14.7 Å². The zero-order valence-corrected chi connectivity index (χ0v) is 10.8. The smallest absolute Gasteiger partial charge is 0.315 e. The first kappa shape index (κ1) is 14.9. The minimum atomic E-state index is -0.786. The number of nitrogens with zero attached hydrogens (tertiary/aromatic N) is 2. The molecule has 0 aromatic carbocycles. The van der Waals surface area contributed by atoms with E-state index in [1.54, 1.807) is 6.92 Å². The van der Waals surface area contributed by atoms with Crippen LogP contribution in [-0.2, 0) is 4.79 Å². The van der Waals surface area contributed by atoms with Crippen LogP contribution in [0.3, 0.4) is 0 Å². The maximum absolute atomic E-state index is 11.5. The topological polar surface area (TPSA) is 120 Å². The number of aromatic nitrogens is 3. The molecule has 2 amide bonds. The van der Waals surface area contributed by atoms with E-state index < -0.39 is 5.97 Å². The number of urea groups is 1. The van der Waals surface area contributed by atoms with E-state index in [2.05, 4.69) is 25.8 Å². The molecular weight excluding hydrogens is 250 g/mol. The van der Waals surface area contributed by atoms with E-state index in [0.29, 0.717) is 18.8 Å². The Morgan fingerprint density at radius 2 is 2.21 bits per heavy atom. The lowest BCUT2D eigenvalue weighted by molar-refractivity contribution is -0.137.